The summed E-state index contributed by atoms with van der Waals surface area (Å²) in [6.07, 6.45) is 1.15. The summed E-state index contributed by atoms with van der Waals surface area (Å²) in [5, 5.41) is 4.57. The van der Waals surface area contributed by atoms with Crippen molar-refractivity contribution in [3.8, 4) is 5.75 Å². The normalized spacial score (nSPS) is 18.5. The zero-order valence-electron chi connectivity index (χ0n) is 19.8. The highest BCUT2D eigenvalue weighted by Crippen LogP contribution is 2.47. The molecule has 8 heteroatoms. The number of anilines is 1. The molecule has 0 saturated heterocycles. The second-order valence-corrected chi connectivity index (χ2v) is 11.1. The average molecular weight is 508 g/mol. The van der Waals surface area contributed by atoms with Crippen LogP contribution < -0.4 is 15.6 Å². The molecule has 2 heterocycles. The van der Waals surface area contributed by atoms with Crippen LogP contribution >= 0.6 is 23.4 Å². The smallest absolute Gasteiger partial charge is 0.257 e. The first-order valence-corrected chi connectivity index (χ1v) is 12.8. The maximum Gasteiger partial charge on any atom is 0.257 e. The van der Waals surface area contributed by atoms with Gasteiger partial charge in [0.05, 0.1) is 12.7 Å². The van der Waals surface area contributed by atoms with E-state index in [9.17, 15) is 9.59 Å². The van der Waals surface area contributed by atoms with Crippen LogP contribution in [0.4, 0.5) is 5.82 Å². The lowest BCUT2D eigenvalue weighted by Crippen LogP contribution is -2.37. The van der Waals surface area contributed by atoms with Gasteiger partial charge in [0.15, 0.2) is 10.9 Å². The predicted molar refractivity (Wildman–Crippen MR) is 139 cm³/mol. The monoisotopic (exact) mass is 507 g/mol. The second-order valence-electron chi connectivity index (χ2n) is 9.71. The first-order valence-electron chi connectivity index (χ1n) is 11.4. The summed E-state index contributed by atoms with van der Waals surface area (Å²) in [7, 11) is 1.61. The van der Waals surface area contributed by atoms with E-state index >= 15 is 0 Å². The lowest BCUT2D eigenvalue weighted by Gasteiger charge is -2.38. The summed E-state index contributed by atoms with van der Waals surface area (Å²) in [6.45, 7) is 4.18. The van der Waals surface area contributed by atoms with Gasteiger partial charge in [-0.15, -0.1) is 0 Å². The number of nitrogens with one attached hydrogen (secondary N) is 2. The molecule has 0 fully saturated rings. The van der Waals surface area contributed by atoms with Crippen molar-refractivity contribution in [3.05, 3.63) is 91.9 Å². The van der Waals surface area contributed by atoms with E-state index in [0.29, 0.717) is 51.5 Å². The number of carbonyl (C=O) groups is 1. The summed E-state index contributed by atoms with van der Waals surface area (Å²) in [5.41, 5.74) is 3.51. The minimum absolute atomic E-state index is 0.0656. The number of thioether (sulfide) groups is 1. The number of carbonyl (C=O) groups excluding carboxylic acids is 1. The van der Waals surface area contributed by atoms with Crippen LogP contribution in [0.3, 0.4) is 0 Å². The maximum atomic E-state index is 13.4. The largest absolute Gasteiger partial charge is 0.497 e. The first-order chi connectivity index (χ1) is 16.7. The Morgan fingerprint density at radius 1 is 1.09 bits per heavy atom. The van der Waals surface area contributed by atoms with Gasteiger partial charge in [0, 0.05) is 34.4 Å². The van der Waals surface area contributed by atoms with Crippen LogP contribution in [0.15, 0.2) is 69.8 Å². The van der Waals surface area contributed by atoms with Gasteiger partial charge in [-0.1, -0.05) is 61.5 Å². The zero-order chi connectivity index (χ0) is 24.7. The van der Waals surface area contributed by atoms with E-state index in [1.807, 2.05) is 48.5 Å². The van der Waals surface area contributed by atoms with E-state index in [1.54, 1.807) is 7.11 Å². The van der Waals surface area contributed by atoms with Crippen molar-refractivity contribution in [2.24, 2.45) is 5.41 Å². The molecule has 0 saturated carbocycles. The number of ether oxygens (including phenoxy) is 1. The summed E-state index contributed by atoms with van der Waals surface area (Å²) >= 11 is 7.43. The topological polar surface area (TPSA) is 84.1 Å². The van der Waals surface area contributed by atoms with Gasteiger partial charge in [0.2, 0.25) is 0 Å². The average Bonchev–Trinajstić information content (AvgIpc) is 2.81. The van der Waals surface area contributed by atoms with Crippen molar-refractivity contribution >= 4 is 35.0 Å². The fraction of sp³-hybridized carbons (Fsp3) is 0.296. The predicted octanol–water partition coefficient (Wildman–Crippen LogP) is 5.92. The molecule has 1 aliphatic heterocycles. The number of H-pyrrole nitrogens is 1. The molecular formula is C27H26ClN3O3S. The van der Waals surface area contributed by atoms with Crippen LogP contribution in [0.2, 0.25) is 5.02 Å². The summed E-state index contributed by atoms with van der Waals surface area (Å²) in [6, 6.07) is 15.1. The van der Waals surface area contributed by atoms with Crippen LogP contribution in [0.25, 0.3) is 0 Å². The number of halogens is 1. The minimum atomic E-state index is -0.484. The molecule has 1 aromatic heterocycles. The number of allylic oxidation sites excluding steroid dienone is 2. The molecule has 1 unspecified atom stereocenters. The van der Waals surface area contributed by atoms with Gasteiger partial charge in [-0.2, -0.15) is 0 Å². The highest BCUT2D eigenvalue weighted by Gasteiger charge is 2.42. The molecule has 0 amide bonds. The molecule has 2 N–H and O–H groups in total. The van der Waals surface area contributed by atoms with Crippen LogP contribution in [0, 0.1) is 5.41 Å². The van der Waals surface area contributed by atoms with Crippen LogP contribution in [0.1, 0.15) is 49.3 Å². The van der Waals surface area contributed by atoms with E-state index < -0.39 is 5.92 Å². The van der Waals surface area contributed by atoms with Gasteiger partial charge in [-0.05, 0) is 47.2 Å². The Bertz CT molecular complexity index is 1380. The van der Waals surface area contributed by atoms with Gasteiger partial charge >= 0.3 is 0 Å². The number of aromatic amines is 1. The number of hydrogen-bond donors (Lipinski definition) is 2. The Morgan fingerprint density at radius 2 is 1.80 bits per heavy atom. The lowest BCUT2D eigenvalue weighted by molar-refractivity contribution is -0.118. The third kappa shape index (κ3) is 4.75. The SMILES string of the molecule is COc1ccc(C2C3=C(CC(C)(C)CC3=O)Nc3nc(SCc4ccc(Cl)cc4)[nH]c(=O)c32)cc1. The van der Waals surface area contributed by atoms with Crippen LogP contribution in [-0.2, 0) is 10.5 Å². The summed E-state index contributed by atoms with van der Waals surface area (Å²) < 4.78 is 5.31. The van der Waals surface area contributed by atoms with Crippen molar-refractivity contribution in [3.63, 3.8) is 0 Å². The molecule has 2 aromatic carbocycles. The number of rotatable bonds is 5. The molecule has 6 nitrogen and oxygen atoms in total. The second kappa shape index (κ2) is 9.21. The highest BCUT2D eigenvalue weighted by atomic mass is 35.5. The van der Waals surface area contributed by atoms with Gasteiger partial charge in [0.25, 0.3) is 5.56 Å². The number of aromatic nitrogens is 2. The van der Waals surface area contributed by atoms with E-state index in [1.165, 1.54) is 11.8 Å². The number of Topliss-reactive ketones (excluding diaryl/α,β-unsaturated/α-hetero) is 1. The molecule has 1 atom stereocenters. The molecule has 35 heavy (non-hydrogen) atoms. The van der Waals surface area contributed by atoms with E-state index in [4.69, 9.17) is 21.3 Å². The number of fused-ring (bicyclic) bond motifs is 1. The van der Waals surface area contributed by atoms with Crippen LogP contribution in [0.5, 0.6) is 5.75 Å². The van der Waals surface area contributed by atoms with Crippen molar-refractivity contribution in [1.29, 1.82) is 0 Å². The van der Waals surface area contributed by atoms with Gasteiger partial charge in [-0.25, -0.2) is 4.98 Å². The molecule has 0 spiro atoms. The molecule has 0 bridgehead atoms. The Kier molecular flexibility index (Phi) is 6.23. The third-order valence-electron chi connectivity index (χ3n) is 6.44. The Labute approximate surface area is 213 Å². The maximum absolute atomic E-state index is 13.4. The summed E-state index contributed by atoms with van der Waals surface area (Å²) in [4.78, 5) is 34.5. The zero-order valence-corrected chi connectivity index (χ0v) is 21.3. The lowest BCUT2D eigenvalue weighted by atomic mass is 9.69. The Hall–Kier alpha value is -3.03. The minimum Gasteiger partial charge on any atom is -0.497 e. The molecular weight excluding hydrogens is 482 g/mol. The van der Waals surface area contributed by atoms with Crippen LogP contribution in [-0.4, -0.2) is 22.9 Å². The highest BCUT2D eigenvalue weighted by molar-refractivity contribution is 7.98. The standard InChI is InChI=1S/C27H26ClN3O3S/c1-27(2)12-19-22(20(32)13-27)21(16-6-10-18(34-3)11-7-16)23-24(29-19)30-26(31-25(23)33)35-14-15-4-8-17(28)9-5-15/h4-11,21H,12-14H2,1-3H3,(H2,29,30,31,33). The van der Waals surface area contributed by atoms with Gasteiger partial charge in [-0.3, -0.25) is 9.59 Å². The van der Waals surface area contributed by atoms with Crippen molar-refractivity contribution in [2.75, 3.05) is 12.4 Å². The molecule has 180 valence electrons. The van der Waals surface area contributed by atoms with Gasteiger partial charge < -0.3 is 15.0 Å². The Morgan fingerprint density at radius 3 is 2.49 bits per heavy atom. The first kappa shape index (κ1) is 23.7. The third-order valence-corrected chi connectivity index (χ3v) is 7.63. The number of methoxy groups -OCH3 is 1. The van der Waals surface area contributed by atoms with Crippen molar-refractivity contribution in [2.45, 2.75) is 43.5 Å². The number of benzene rings is 2. The summed E-state index contributed by atoms with van der Waals surface area (Å²) in [5.74, 6) is 1.45. The molecule has 1 aliphatic carbocycles. The fourth-order valence-electron chi connectivity index (χ4n) is 4.82. The fourth-order valence-corrected chi connectivity index (χ4v) is 5.77. The number of nitrogens with zero attached hydrogens (tertiary/aromatic N) is 1. The molecule has 2 aliphatic rings. The Balaban J connectivity index is 1.56. The molecule has 5 rings (SSSR count). The van der Waals surface area contributed by atoms with E-state index in [-0.39, 0.29) is 16.8 Å². The number of ketones is 1. The van der Waals surface area contributed by atoms with E-state index in [2.05, 4.69) is 24.1 Å². The van der Waals surface area contributed by atoms with Crippen molar-refractivity contribution in [1.82, 2.24) is 9.97 Å². The van der Waals surface area contributed by atoms with E-state index in [0.717, 1.165) is 16.8 Å². The molecule has 3 aromatic rings. The number of hydrogen-bond acceptors (Lipinski definition) is 6. The quantitative estimate of drug-likeness (QED) is 0.329. The van der Waals surface area contributed by atoms with Crippen molar-refractivity contribution < 1.29 is 9.53 Å². The molecule has 0 radical (unpaired) electrons. The van der Waals surface area contributed by atoms with Gasteiger partial charge in [0.1, 0.15) is 11.6 Å².